The number of nitrogens with one attached hydrogen (secondary N) is 1. The van der Waals surface area contributed by atoms with Gasteiger partial charge in [0.15, 0.2) is 6.29 Å². The summed E-state index contributed by atoms with van der Waals surface area (Å²) in [6.07, 6.45) is -1.92. The number of nitrogens with zero attached hydrogens (tertiary/aromatic N) is 1. The Morgan fingerprint density at radius 3 is 2.34 bits per heavy atom. The molecule has 1 unspecified atom stereocenters. The summed E-state index contributed by atoms with van der Waals surface area (Å²) in [5, 5.41) is 14.4. The van der Waals surface area contributed by atoms with Gasteiger partial charge in [0, 0.05) is 13.1 Å². The Morgan fingerprint density at radius 2 is 1.66 bits per heavy atom. The van der Waals surface area contributed by atoms with E-state index in [0.29, 0.717) is 24.7 Å². The summed E-state index contributed by atoms with van der Waals surface area (Å²) in [5.74, 6) is 1.12. The lowest BCUT2D eigenvalue weighted by atomic mass is 10.0. The molecule has 0 saturated carbocycles. The summed E-state index contributed by atoms with van der Waals surface area (Å²) in [5.41, 5.74) is 1.85. The fourth-order valence-electron chi connectivity index (χ4n) is 5.78. The Hall–Kier alpha value is -3.68. The van der Waals surface area contributed by atoms with Crippen molar-refractivity contribution in [2.24, 2.45) is 11.8 Å². The van der Waals surface area contributed by atoms with Crippen LogP contribution in [0.4, 0.5) is 4.79 Å². The Bertz CT molecular complexity index is 1540. The van der Waals surface area contributed by atoms with Gasteiger partial charge < -0.3 is 34.1 Å². The number of hydrogen-bond donors (Lipinski definition) is 2. The molecule has 2 aliphatic rings. The highest BCUT2D eigenvalue weighted by Crippen LogP contribution is 2.33. The van der Waals surface area contributed by atoms with Gasteiger partial charge in [0.1, 0.15) is 24.2 Å². The summed E-state index contributed by atoms with van der Waals surface area (Å²) in [6.45, 7) is 4.91. The van der Waals surface area contributed by atoms with E-state index < -0.39 is 34.4 Å². The van der Waals surface area contributed by atoms with Gasteiger partial charge >= 0.3 is 6.09 Å². The molecule has 0 aliphatic carbocycles. The fraction of sp³-hybridized carbons (Fsp3) is 0.457. The van der Waals surface area contributed by atoms with Gasteiger partial charge in [-0.25, -0.2) is 13.2 Å². The number of rotatable bonds is 15. The van der Waals surface area contributed by atoms with Crippen molar-refractivity contribution in [2.45, 2.75) is 62.7 Å². The molecular weight excluding hydrogens is 624 g/mol. The minimum atomic E-state index is -3.99. The molecule has 2 N–H and O–H groups in total. The quantitative estimate of drug-likeness (QED) is 0.242. The maximum Gasteiger partial charge on any atom is 0.407 e. The molecule has 2 fully saturated rings. The van der Waals surface area contributed by atoms with Crippen LogP contribution in [0.15, 0.2) is 83.8 Å². The third-order valence-corrected chi connectivity index (χ3v) is 10.1. The molecule has 5 atom stereocenters. The van der Waals surface area contributed by atoms with Gasteiger partial charge in [0.25, 0.3) is 0 Å². The van der Waals surface area contributed by atoms with E-state index in [2.05, 4.69) is 5.32 Å². The molecule has 0 bridgehead atoms. The molecule has 47 heavy (non-hydrogen) atoms. The van der Waals surface area contributed by atoms with Gasteiger partial charge in [0.2, 0.25) is 10.0 Å². The number of sulfonamides is 1. The molecule has 3 aromatic rings. The van der Waals surface area contributed by atoms with Crippen LogP contribution in [-0.4, -0.2) is 81.9 Å². The Kier molecular flexibility index (Phi) is 11.8. The molecule has 5 rings (SSSR count). The van der Waals surface area contributed by atoms with Crippen LogP contribution in [0, 0.1) is 11.8 Å². The predicted molar refractivity (Wildman–Crippen MR) is 175 cm³/mol. The van der Waals surface area contributed by atoms with Crippen molar-refractivity contribution in [2.75, 3.05) is 33.4 Å². The van der Waals surface area contributed by atoms with Crippen molar-refractivity contribution in [1.29, 1.82) is 0 Å². The first-order valence-electron chi connectivity index (χ1n) is 15.9. The molecule has 1 amide bonds. The average Bonchev–Trinajstić information content (AvgIpc) is 3.69. The van der Waals surface area contributed by atoms with Crippen LogP contribution in [-0.2, 0) is 37.3 Å². The highest BCUT2D eigenvalue weighted by atomic mass is 32.2. The normalized spacial score (nSPS) is 20.5. The van der Waals surface area contributed by atoms with Crippen molar-refractivity contribution < 1.29 is 42.0 Å². The number of benzene rings is 3. The lowest BCUT2D eigenvalue weighted by molar-refractivity contribution is -0.0907. The number of fused-ring (bicyclic) bond motifs is 1. The van der Waals surface area contributed by atoms with Gasteiger partial charge in [-0.2, -0.15) is 4.31 Å². The van der Waals surface area contributed by atoms with Crippen molar-refractivity contribution in [1.82, 2.24) is 9.62 Å². The van der Waals surface area contributed by atoms with Gasteiger partial charge in [-0.3, -0.25) is 0 Å². The second-order valence-corrected chi connectivity index (χ2v) is 14.2. The molecule has 0 radical (unpaired) electrons. The number of ether oxygens (including phenoxy) is 5. The Labute approximate surface area is 276 Å². The summed E-state index contributed by atoms with van der Waals surface area (Å²) in [4.78, 5) is 13.3. The van der Waals surface area contributed by atoms with E-state index in [9.17, 15) is 18.3 Å². The molecule has 2 heterocycles. The number of carbonyl (C=O) groups is 1. The number of alkyl carbamates (subject to hydrolysis) is 1. The average molecular weight is 669 g/mol. The Morgan fingerprint density at radius 1 is 0.957 bits per heavy atom. The van der Waals surface area contributed by atoms with E-state index in [-0.39, 0.29) is 49.1 Å². The van der Waals surface area contributed by atoms with Gasteiger partial charge in [-0.05, 0) is 66.3 Å². The number of aliphatic hydroxyl groups is 1. The van der Waals surface area contributed by atoms with Crippen molar-refractivity contribution in [3.8, 4) is 11.5 Å². The summed E-state index contributed by atoms with van der Waals surface area (Å²) in [7, 11) is -2.48. The largest absolute Gasteiger partial charge is 0.497 e. The third kappa shape index (κ3) is 9.23. The minimum absolute atomic E-state index is 0.0287. The van der Waals surface area contributed by atoms with E-state index in [1.807, 2.05) is 68.4 Å². The molecule has 0 aromatic heterocycles. The van der Waals surface area contributed by atoms with Crippen molar-refractivity contribution in [3.05, 3.63) is 90.0 Å². The molecule has 254 valence electrons. The zero-order valence-electron chi connectivity index (χ0n) is 27.0. The summed E-state index contributed by atoms with van der Waals surface area (Å²) in [6, 6.07) is 22.4. The SMILES string of the molecule is COc1ccc(S(=O)(=O)N(CC(C)C)C[C@H](O)[C@H](Cc2ccc(OCc3ccccc3)cc2)NC(=O)O[C@H]2CO[C@H]3OCCC32)cc1. The van der Waals surface area contributed by atoms with Crippen LogP contribution < -0.4 is 14.8 Å². The number of methoxy groups -OCH3 is 1. The molecular formula is C35H44N2O9S. The third-order valence-electron chi connectivity index (χ3n) is 8.30. The van der Waals surface area contributed by atoms with Gasteiger partial charge in [0.05, 0.1) is 43.3 Å². The molecule has 2 aliphatic heterocycles. The number of hydrogen-bond acceptors (Lipinski definition) is 9. The predicted octanol–water partition coefficient (Wildman–Crippen LogP) is 4.38. The number of carbonyl (C=O) groups excluding carboxylic acids is 1. The van der Waals surface area contributed by atoms with Crippen LogP contribution in [0.3, 0.4) is 0 Å². The van der Waals surface area contributed by atoms with Crippen molar-refractivity contribution in [3.63, 3.8) is 0 Å². The second kappa shape index (κ2) is 15.9. The standard InChI is InChI=1S/C35H44N2O9S/c1-24(2)20-37(47(40,41)29-15-13-27(42-3)14-16-29)21-32(38)31(36-35(39)46-33-23-45-34-30(33)17-18-43-34)19-25-9-11-28(12-10-25)44-22-26-7-5-4-6-8-26/h4-16,24,30-34,38H,17-23H2,1-3H3,(H,36,39)/t30?,31-,32-,33-,34+/m0/s1. The Balaban J connectivity index is 1.31. The highest BCUT2D eigenvalue weighted by Gasteiger charge is 2.44. The maximum atomic E-state index is 13.8. The fourth-order valence-corrected chi connectivity index (χ4v) is 7.40. The smallest absolute Gasteiger partial charge is 0.407 e. The lowest BCUT2D eigenvalue weighted by Crippen LogP contribution is -2.51. The minimum Gasteiger partial charge on any atom is -0.497 e. The van der Waals surface area contributed by atoms with Crippen LogP contribution in [0.25, 0.3) is 0 Å². The van der Waals surface area contributed by atoms with E-state index in [1.54, 1.807) is 12.1 Å². The van der Waals surface area contributed by atoms with E-state index in [1.165, 1.54) is 23.5 Å². The van der Waals surface area contributed by atoms with Crippen LogP contribution >= 0.6 is 0 Å². The topological polar surface area (TPSA) is 133 Å². The number of amides is 1. The summed E-state index contributed by atoms with van der Waals surface area (Å²) < 4.78 is 56.8. The zero-order chi connectivity index (χ0) is 33.4. The zero-order valence-corrected chi connectivity index (χ0v) is 27.8. The number of aliphatic hydroxyl groups excluding tert-OH is 1. The molecule has 12 heteroatoms. The monoisotopic (exact) mass is 668 g/mol. The van der Waals surface area contributed by atoms with Crippen LogP contribution in [0.2, 0.25) is 0 Å². The van der Waals surface area contributed by atoms with Gasteiger partial charge in [-0.15, -0.1) is 0 Å². The summed E-state index contributed by atoms with van der Waals surface area (Å²) >= 11 is 0. The molecule has 0 spiro atoms. The highest BCUT2D eigenvalue weighted by molar-refractivity contribution is 7.89. The molecule has 11 nitrogen and oxygen atoms in total. The first kappa shape index (κ1) is 34.6. The van der Waals surface area contributed by atoms with E-state index in [4.69, 9.17) is 23.7 Å². The van der Waals surface area contributed by atoms with E-state index >= 15 is 0 Å². The molecule has 3 aromatic carbocycles. The van der Waals surface area contributed by atoms with Crippen LogP contribution in [0.5, 0.6) is 11.5 Å². The maximum absolute atomic E-state index is 13.8. The van der Waals surface area contributed by atoms with Gasteiger partial charge in [-0.1, -0.05) is 56.3 Å². The lowest BCUT2D eigenvalue weighted by Gasteiger charge is -2.31. The van der Waals surface area contributed by atoms with Crippen LogP contribution in [0.1, 0.15) is 31.4 Å². The van der Waals surface area contributed by atoms with E-state index in [0.717, 1.165) is 17.5 Å². The first-order chi connectivity index (χ1) is 22.6. The van der Waals surface area contributed by atoms with Crippen molar-refractivity contribution >= 4 is 16.1 Å². The molecule has 2 saturated heterocycles. The second-order valence-electron chi connectivity index (χ2n) is 12.3. The first-order valence-corrected chi connectivity index (χ1v) is 17.3.